The van der Waals surface area contributed by atoms with Crippen LogP contribution in [0.25, 0.3) is 0 Å². The largest absolute Gasteiger partial charge is 0.347 e. The molecule has 0 unspecified atom stereocenters. The number of aromatic nitrogens is 2. The molecule has 0 aliphatic rings. The van der Waals surface area contributed by atoms with Crippen molar-refractivity contribution in [3.63, 3.8) is 0 Å². The summed E-state index contributed by atoms with van der Waals surface area (Å²) in [6.07, 6.45) is 2.76. The summed E-state index contributed by atoms with van der Waals surface area (Å²) in [6, 6.07) is 9.05. The zero-order valence-corrected chi connectivity index (χ0v) is 10.5. The van der Waals surface area contributed by atoms with E-state index in [1.54, 1.807) is 18.2 Å². The number of hydrogen-bond acceptors (Lipinski definition) is 6. The number of carbonyl (C=O) groups excluding carboxylic acids is 1. The van der Waals surface area contributed by atoms with Crippen LogP contribution in [0.15, 0.2) is 36.7 Å². The van der Waals surface area contributed by atoms with Crippen LogP contribution in [-0.2, 0) is 6.54 Å². The normalized spacial score (nSPS) is 9.60. The highest BCUT2D eigenvalue weighted by Gasteiger charge is 2.08. The molecular formula is C13H12N6O. The topological polar surface area (TPSA) is 117 Å². The first-order chi connectivity index (χ1) is 9.72. The number of anilines is 1. The Labute approximate surface area is 115 Å². The van der Waals surface area contributed by atoms with Crippen molar-refractivity contribution in [3.05, 3.63) is 53.5 Å². The number of nitrogens with one attached hydrogen (secondary N) is 2. The number of hydrogen-bond donors (Lipinski definition) is 3. The number of nitrogens with two attached hydrogens (primary N) is 1. The van der Waals surface area contributed by atoms with Crippen molar-refractivity contribution >= 4 is 11.7 Å². The van der Waals surface area contributed by atoms with Crippen molar-refractivity contribution in [2.75, 3.05) is 5.43 Å². The third-order valence-electron chi connectivity index (χ3n) is 2.52. The number of hydrazine groups is 1. The summed E-state index contributed by atoms with van der Waals surface area (Å²) < 4.78 is 0. The van der Waals surface area contributed by atoms with Gasteiger partial charge in [0.25, 0.3) is 5.91 Å². The highest BCUT2D eigenvalue weighted by Crippen LogP contribution is 2.05. The summed E-state index contributed by atoms with van der Waals surface area (Å²) in [5.74, 6) is 5.15. The van der Waals surface area contributed by atoms with Crippen LogP contribution in [0, 0.1) is 11.3 Å². The highest BCUT2D eigenvalue weighted by molar-refractivity contribution is 5.92. The van der Waals surface area contributed by atoms with Crippen LogP contribution in [0.3, 0.4) is 0 Å². The fourth-order valence-electron chi connectivity index (χ4n) is 1.57. The van der Waals surface area contributed by atoms with Gasteiger partial charge in [0.05, 0.1) is 24.0 Å². The van der Waals surface area contributed by atoms with Crippen molar-refractivity contribution in [1.29, 1.82) is 5.26 Å². The Morgan fingerprint density at radius 3 is 3.00 bits per heavy atom. The van der Waals surface area contributed by atoms with E-state index in [0.717, 1.165) is 5.56 Å². The number of benzene rings is 1. The average Bonchev–Trinajstić information content (AvgIpc) is 2.52. The monoisotopic (exact) mass is 268 g/mol. The summed E-state index contributed by atoms with van der Waals surface area (Å²) in [4.78, 5) is 19.7. The summed E-state index contributed by atoms with van der Waals surface area (Å²) in [6.45, 7) is 0.302. The second kappa shape index (κ2) is 6.26. The molecule has 1 aromatic carbocycles. The molecule has 20 heavy (non-hydrogen) atoms. The molecule has 1 heterocycles. The molecule has 0 radical (unpaired) electrons. The maximum absolute atomic E-state index is 11.9. The van der Waals surface area contributed by atoms with E-state index in [1.165, 1.54) is 12.4 Å². The van der Waals surface area contributed by atoms with Crippen LogP contribution >= 0.6 is 0 Å². The first-order valence-electron chi connectivity index (χ1n) is 5.79. The van der Waals surface area contributed by atoms with E-state index in [1.807, 2.05) is 12.1 Å². The molecule has 2 rings (SSSR count). The van der Waals surface area contributed by atoms with Crippen LogP contribution in [0.2, 0.25) is 0 Å². The van der Waals surface area contributed by atoms with Crippen molar-refractivity contribution in [2.45, 2.75) is 6.54 Å². The molecule has 100 valence electrons. The molecule has 0 saturated heterocycles. The lowest BCUT2D eigenvalue weighted by Gasteiger charge is -2.06. The van der Waals surface area contributed by atoms with Gasteiger partial charge in [-0.2, -0.15) is 5.26 Å². The van der Waals surface area contributed by atoms with Crippen LogP contribution < -0.4 is 16.6 Å². The van der Waals surface area contributed by atoms with Crippen LogP contribution in [0.1, 0.15) is 21.6 Å². The van der Waals surface area contributed by atoms with Gasteiger partial charge in [-0.3, -0.25) is 9.78 Å². The van der Waals surface area contributed by atoms with E-state index in [4.69, 9.17) is 11.1 Å². The van der Waals surface area contributed by atoms with Crippen molar-refractivity contribution < 1.29 is 4.79 Å². The predicted molar refractivity (Wildman–Crippen MR) is 72.2 cm³/mol. The number of carbonyl (C=O) groups is 1. The lowest BCUT2D eigenvalue weighted by molar-refractivity contribution is 0.0945. The quantitative estimate of drug-likeness (QED) is 0.551. The second-order valence-electron chi connectivity index (χ2n) is 3.93. The summed E-state index contributed by atoms with van der Waals surface area (Å²) in [5.41, 5.74) is 3.86. The van der Waals surface area contributed by atoms with Crippen molar-refractivity contribution in [2.24, 2.45) is 5.84 Å². The molecule has 0 spiro atoms. The van der Waals surface area contributed by atoms with Gasteiger partial charge in [-0.25, -0.2) is 10.8 Å². The molecule has 4 N–H and O–H groups in total. The Balaban J connectivity index is 2.03. The van der Waals surface area contributed by atoms with Crippen LogP contribution in [0.4, 0.5) is 5.82 Å². The van der Waals surface area contributed by atoms with Gasteiger partial charge in [0.15, 0.2) is 5.82 Å². The molecule has 0 aliphatic heterocycles. The van der Waals surface area contributed by atoms with Crippen molar-refractivity contribution in [1.82, 2.24) is 15.3 Å². The van der Waals surface area contributed by atoms with Gasteiger partial charge < -0.3 is 10.7 Å². The van der Waals surface area contributed by atoms with Crippen molar-refractivity contribution in [3.8, 4) is 6.07 Å². The minimum absolute atomic E-state index is 0.164. The van der Waals surface area contributed by atoms with Gasteiger partial charge >= 0.3 is 0 Å². The average molecular weight is 268 g/mol. The smallest absolute Gasteiger partial charge is 0.271 e. The summed E-state index contributed by atoms with van der Waals surface area (Å²) >= 11 is 0. The Bertz CT molecular complexity index is 664. The minimum atomic E-state index is -0.364. The lowest BCUT2D eigenvalue weighted by atomic mass is 10.1. The van der Waals surface area contributed by atoms with Gasteiger partial charge in [0.2, 0.25) is 0 Å². The van der Waals surface area contributed by atoms with Gasteiger partial charge in [0.1, 0.15) is 5.69 Å². The fourth-order valence-corrected chi connectivity index (χ4v) is 1.57. The fraction of sp³-hybridized carbons (Fsp3) is 0.0769. The Morgan fingerprint density at radius 1 is 1.40 bits per heavy atom. The minimum Gasteiger partial charge on any atom is -0.347 e. The zero-order valence-electron chi connectivity index (χ0n) is 10.5. The highest BCUT2D eigenvalue weighted by atomic mass is 16.1. The molecule has 0 atom stereocenters. The Hall–Kier alpha value is -2.98. The number of nitrogen functional groups attached to an aromatic ring is 1. The number of rotatable bonds is 4. The molecule has 2 aromatic rings. The maximum Gasteiger partial charge on any atom is 0.271 e. The number of nitrogens with zero attached hydrogens (tertiary/aromatic N) is 3. The zero-order chi connectivity index (χ0) is 14.4. The second-order valence-corrected chi connectivity index (χ2v) is 3.93. The molecule has 0 aliphatic carbocycles. The van der Waals surface area contributed by atoms with Crippen LogP contribution in [0.5, 0.6) is 0 Å². The lowest BCUT2D eigenvalue weighted by Crippen LogP contribution is -2.24. The molecule has 7 heteroatoms. The predicted octanol–water partition coefficient (Wildman–Crippen LogP) is 0.564. The first kappa shape index (κ1) is 13.5. The number of nitriles is 1. The maximum atomic E-state index is 11.9. The molecule has 0 fully saturated rings. The standard InChI is InChI=1S/C13H12N6O/c14-5-9-2-1-3-10(4-9)6-17-13(20)11-7-16-8-12(18-11)19-15/h1-4,7-8H,6,15H2,(H,17,20)(H,18,19). The van der Waals surface area contributed by atoms with Gasteiger partial charge in [-0.1, -0.05) is 12.1 Å². The Kier molecular flexibility index (Phi) is 4.21. The first-order valence-corrected chi connectivity index (χ1v) is 5.79. The summed E-state index contributed by atoms with van der Waals surface area (Å²) in [5, 5.41) is 11.5. The third-order valence-corrected chi connectivity index (χ3v) is 2.52. The van der Waals surface area contributed by atoms with E-state index in [-0.39, 0.29) is 11.6 Å². The van der Waals surface area contributed by atoms with E-state index in [0.29, 0.717) is 17.9 Å². The van der Waals surface area contributed by atoms with Gasteiger partial charge in [-0.05, 0) is 17.7 Å². The third kappa shape index (κ3) is 3.28. The molecule has 1 aromatic heterocycles. The number of amides is 1. The van der Waals surface area contributed by atoms with Gasteiger partial charge in [-0.15, -0.1) is 0 Å². The SMILES string of the molecule is N#Cc1cccc(CNC(=O)c2cncc(NN)n2)c1. The van der Waals surface area contributed by atoms with E-state index < -0.39 is 0 Å². The van der Waals surface area contributed by atoms with Gasteiger partial charge in [0, 0.05) is 6.54 Å². The molecule has 1 amide bonds. The molecule has 0 bridgehead atoms. The Morgan fingerprint density at radius 2 is 2.25 bits per heavy atom. The van der Waals surface area contributed by atoms with E-state index in [9.17, 15) is 4.79 Å². The summed E-state index contributed by atoms with van der Waals surface area (Å²) in [7, 11) is 0. The molecule has 0 saturated carbocycles. The van der Waals surface area contributed by atoms with Crippen LogP contribution in [-0.4, -0.2) is 15.9 Å². The van der Waals surface area contributed by atoms with E-state index >= 15 is 0 Å². The van der Waals surface area contributed by atoms with E-state index in [2.05, 4.69) is 20.7 Å². The molecule has 7 nitrogen and oxygen atoms in total. The molecular weight excluding hydrogens is 256 g/mol.